The predicted molar refractivity (Wildman–Crippen MR) is 58.2 cm³/mol. The Morgan fingerprint density at radius 1 is 1.21 bits per heavy atom. The lowest BCUT2D eigenvalue weighted by atomic mass is 9.81. The van der Waals surface area contributed by atoms with Gasteiger partial charge in [0.25, 0.3) is 0 Å². The largest absolute Gasteiger partial charge is 0.390 e. The van der Waals surface area contributed by atoms with Crippen LogP contribution in [0, 0.1) is 5.92 Å². The SMILES string of the molecule is CCN1C[C@H](O)[C@@H]1CC1CCCCC1. The zero-order chi connectivity index (χ0) is 9.97. The van der Waals surface area contributed by atoms with Gasteiger partial charge >= 0.3 is 0 Å². The molecule has 2 nitrogen and oxygen atoms in total. The topological polar surface area (TPSA) is 23.5 Å². The van der Waals surface area contributed by atoms with E-state index in [1.54, 1.807) is 0 Å². The highest BCUT2D eigenvalue weighted by Crippen LogP contribution is 2.32. The number of hydrogen-bond acceptors (Lipinski definition) is 2. The van der Waals surface area contributed by atoms with Gasteiger partial charge in [0, 0.05) is 12.6 Å². The molecule has 1 saturated carbocycles. The Hall–Kier alpha value is -0.0800. The van der Waals surface area contributed by atoms with Gasteiger partial charge in [-0.1, -0.05) is 39.0 Å². The number of aliphatic hydroxyl groups is 1. The summed E-state index contributed by atoms with van der Waals surface area (Å²) in [6.07, 6.45) is 8.29. The second-order valence-electron chi connectivity index (χ2n) is 4.96. The third-order valence-electron chi connectivity index (χ3n) is 4.04. The van der Waals surface area contributed by atoms with Crippen LogP contribution in [-0.2, 0) is 0 Å². The average molecular weight is 197 g/mol. The van der Waals surface area contributed by atoms with Crippen molar-refractivity contribution in [3.05, 3.63) is 0 Å². The minimum Gasteiger partial charge on any atom is -0.390 e. The van der Waals surface area contributed by atoms with Gasteiger partial charge in [-0.2, -0.15) is 0 Å². The van der Waals surface area contributed by atoms with E-state index in [0.29, 0.717) is 6.04 Å². The molecule has 2 fully saturated rings. The van der Waals surface area contributed by atoms with Gasteiger partial charge in [-0.05, 0) is 18.9 Å². The van der Waals surface area contributed by atoms with Crippen LogP contribution in [-0.4, -0.2) is 35.2 Å². The maximum Gasteiger partial charge on any atom is 0.0822 e. The summed E-state index contributed by atoms with van der Waals surface area (Å²) < 4.78 is 0. The Morgan fingerprint density at radius 3 is 2.50 bits per heavy atom. The molecule has 14 heavy (non-hydrogen) atoms. The van der Waals surface area contributed by atoms with Crippen LogP contribution < -0.4 is 0 Å². The van der Waals surface area contributed by atoms with Crippen molar-refractivity contribution in [1.29, 1.82) is 0 Å². The van der Waals surface area contributed by atoms with Crippen LogP contribution in [0.1, 0.15) is 45.4 Å². The second-order valence-corrected chi connectivity index (χ2v) is 4.96. The molecule has 1 saturated heterocycles. The molecule has 0 aromatic carbocycles. The Labute approximate surface area is 87.3 Å². The van der Waals surface area contributed by atoms with Crippen molar-refractivity contribution in [1.82, 2.24) is 4.90 Å². The van der Waals surface area contributed by atoms with Gasteiger partial charge in [0.2, 0.25) is 0 Å². The molecule has 0 bridgehead atoms. The smallest absolute Gasteiger partial charge is 0.0822 e. The fourth-order valence-electron chi connectivity index (χ4n) is 3.04. The van der Waals surface area contributed by atoms with Crippen molar-refractivity contribution < 1.29 is 5.11 Å². The van der Waals surface area contributed by atoms with Crippen LogP contribution in [0.15, 0.2) is 0 Å². The molecular formula is C12H23NO. The van der Waals surface area contributed by atoms with Crippen LogP contribution in [0.3, 0.4) is 0 Å². The van der Waals surface area contributed by atoms with Gasteiger partial charge in [0.15, 0.2) is 0 Å². The van der Waals surface area contributed by atoms with Crippen molar-refractivity contribution in [3.8, 4) is 0 Å². The van der Waals surface area contributed by atoms with Crippen molar-refractivity contribution in [2.45, 2.75) is 57.6 Å². The Kier molecular flexibility index (Phi) is 3.45. The van der Waals surface area contributed by atoms with Crippen molar-refractivity contribution in [3.63, 3.8) is 0 Å². The number of likely N-dealkylation sites (tertiary alicyclic amines) is 1. The van der Waals surface area contributed by atoms with E-state index in [-0.39, 0.29) is 6.10 Å². The fourth-order valence-corrected chi connectivity index (χ4v) is 3.04. The summed E-state index contributed by atoms with van der Waals surface area (Å²) in [4.78, 5) is 2.42. The number of hydrogen-bond donors (Lipinski definition) is 1. The Bertz CT molecular complexity index is 177. The molecule has 2 aliphatic rings. The van der Waals surface area contributed by atoms with Gasteiger partial charge in [-0.25, -0.2) is 0 Å². The number of likely N-dealkylation sites (N-methyl/N-ethyl adjacent to an activating group) is 1. The Morgan fingerprint density at radius 2 is 1.93 bits per heavy atom. The maximum absolute atomic E-state index is 9.70. The van der Waals surface area contributed by atoms with Crippen molar-refractivity contribution in [2.75, 3.05) is 13.1 Å². The molecule has 0 aromatic heterocycles. The second kappa shape index (κ2) is 4.63. The molecule has 1 aliphatic carbocycles. The summed E-state index contributed by atoms with van der Waals surface area (Å²) in [6.45, 7) is 4.21. The highest BCUT2D eigenvalue weighted by molar-refractivity contribution is 4.92. The van der Waals surface area contributed by atoms with Gasteiger partial charge in [-0.3, -0.25) is 4.90 Å². The minimum atomic E-state index is -0.0307. The van der Waals surface area contributed by atoms with E-state index in [9.17, 15) is 5.11 Å². The molecule has 1 aliphatic heterocycles. The molecule has 2 rings (SSSR count). The summed E-state index contributed by atoms with van der Waals surface area (Å²) in [6, 6.07) is 0.489. The first kappa shape index (κ1) is 10.4. The van der Waals surface area contributed by atoms with Crippen LogP contribution in [0.4, 0.5) is 0 Å². The molecule has 0 unspecified atom stereocenters. The van der Waals surface area contributed by atoms with Gasteiger partial charge in [0.1, 0.15) is 0 Å². The van der Waals surface area contributed by atoms with Crippen molar-refractivity contribution >= 4 is 0 Å². The molecule has 0 radical (unpaired) electrons. The van der Waals surface area contributed by atoms with E-state index in [1.807, 2.05) is 0 Å². The summed E-state index contributed by atoms with van der Waals surface area (Å²) >= 11 is 0. The van der Waals surface area contributed by atoms with Crippen molar-refractivity contribution in [2.24, 2.45) is 5.92 Å². The van der Waals surface area contributed by atoms with Crippen LogP contribution in [0.25, 0.3) is 0 Å². The summed E-state index contributed by atoms with van der Waals surface area (Å²) in [5.41, 5.74) is 0. The van der Waals surface area contributed by atoms with Gasteiger partial charge < -0.3 is 5.11 Å². The zero-order valence-corrected chi connectivity index (χ0v) is 9.28. The van der Waals surface area contributed by atoms with E-state index in [1.165, 1.54) is 38.5 Å². The van der Waals surface area contributed by atoms with E-state index in [2.05, 4.69) is 11.8 Å². The third kappa shape index (κ3) is 2.12. The summed E-state index contributed by atoms with van der Waals surface area (Å²) in [7, 11) is 0. The molecule has 2 heteroatoms. The maximum atomic E-state index is 9.70. The van der Waals surface area contributed by atoms with Gasteiger partial charge in [0.05, 0.1) is 6.10 Å². The number of rotatable bonds is 3. The fraction of sp³-hybridized carbons (Fsp3) is 1.00. The third-order valence-corrected chi connectivity index (χ3v) is 4.04. The molecule has 0 spiro atoms. The first-order chi connectivity index (χ1) is 6.81. The van der Waals surface area contributed by atoms with Crippen LogP contribution in [0.2, 0.25) is 0 Å². The van der Waals surface area contributed by atoms with E-state index < -0.39 is 0 Å². The van der Waals surface area contributed by atoms with Crippen LogP contribution >= 0.6 is 0 Å². The van der Waals surface area contributed by atoms with E-state index in [0.717, 1.165) is 19.0 Å². The molecule has 82 valence electrons. The number of nitrogens with zero attached hydrogens (tertiary/aromatic N) is 1. The highest BCUT2D eigenvalue weighted by atomic mass is 16.3. The predicted octanol–water partition coefficient (Wildman–Crippen LogP) is 2.02. The summed E-state index contributed by atoms with van der Waals surface area (Å²) in [5.74, 6) is 0.901. The molecule has 0 aromatic rings. The summed E-state index contributed by atoms with van der Waals surface area (Å²) in [5, 5.41) is 9.70. The lowest BCUT2D eigenvalue weighted by molar-refractivity contribution is -0.0694. The lowest BCUT2D eigenvalue weighted by Gasteiger charge is -2.46. The molecule has 1 N–H and O–H groups in total. The molecule has 1 heterocycles. The zero-order valence-electron chi connectivity index (χ0n) is 9.28. The number of β-amino-alcohol motifs (C(OH)–C–C–N with tert-alkyl or cyclic N) is 1. The van der Waals surface area contributed by atoms with Crippen LogP contribution in [0.5, 0.6) is 0 Å². The standard InChI is InChI=1S/C12H23NO/c1-2-13-9-12(14)11(13)8-10-6-4-3-5-7-10/h10-12,14H,2-9H2,1H3/t11-,12-/m0/s1. The molecule has 2 atom stereocenters. The molecular weight excluding hydrogens is 174 g/mol. The van der Waals surface area contributed by atoms with E-state index >= 15 is 0 Å². The average Bonchev–Trinajstić information content (AvgIpc) is 2.24. The normalized spacial score (nSPS) is 35.6. The number of aliphatic hydroxyl groups excluding tert-OH is 1. The monoisotopic (exact) mass is 197 g/mol. The van der Waals surface area contributed by atoms with Gasteiger partial charge in [-0.15, -0.1) is 0 Å². The lowest BCUT2D eigenvalue weighted by Crippen LogP contribution is -2.60. The first-order valence-corrected chi connectivity index (χ1v) is 6.23. The molecule has 0 amide bonds. The minimum absolute atomic E-state index is 0.0307. The highest BCUT2D eigenvalue weighted by Gasteiger charge is 2.37. The Balaban J connectivity index is 1.77. The van der Waals surface area contributed by atoms with E-state index in [4.69, 9.17) is 0 Å². The quantitative estimate of drug-likeness (QED) is 0.748. The first-order valence-electron chi connectivity index (χ1n) is 6.23.